The number of anilines is 1. The lowest BCUT2D eigenvalue weighted by Gasteiger charge is -2.09. The van der Waals surface area contributed by atoms with Gasteiger partial charge in [0.1, 0.15) is 0 Å². The van der Waals surface area contributed by atoms with Crippen molar-refractivity contribution in [3.8, 4) is 0 Å². The van der Waals surface area contributed by atoms with E-state index < -0.39 is 5.91 Å². The first-order chi connectivity index (χ1) is 12.4. The number of amides is 4. The molecule has 0 saturated carbocycles. The van der Waals surface area contributed by atoms with Crippen LogP contribution in [0.5, 0.6) is 0 Å². The zero-order valence-corrected chi connectivity index (χ0v) is 14.5. The summed E-state index contributed by atoms with van der Waals surface area (Å²) in [6, 6.07) is 14.0. The molecule has 7 nitrogen and oxygen atoms in total. The Morgan fingerprint density at radius 3 is 2.42 bits per heavy atom. The van der Waals surface area contributed by atoms with Gasteiger partial charge in [-0.2, -0.15) is 0 Å². The Morgan fingerprint density at radius 1 is 1.00 bits per heavy atom. The molecule has 0 aliphatic rings. The molecule has 0 aromatic heterocycles. The Morgan fingerprint density at radius 2 is 1.73 bits per heavy atom. The molecular weight excluding hydrogens is 332 g/mol. The lowest BCUT2D eigenvalue weighted by molar-refractivity contribution is -0.117. The Hall–Kier alpha value is -3.35. The lowest BCUT2D eigenvalue weighted by atomic mass is 10.1. The number of hydrogen-bond donors (Lipinski definition) is 4. The summed E-state index contributed by atoms with van der Waals surface area (Å²) >= 11 is 0. The monoisotopic (exact) mass is 354 g/mol. The Balaban J connectivity index is 1.86. The molecule has 7 heteroatoms. The lowest BCUT2D eigenvalue weighted by Crippen LogP contribution is -2.29. The van der Waals surface area contributed by atoms with E-state index in [1.54, 1.807) is 24.3 Å². The normalized spacial score (nSPS) is 10.0. The molecule has 0 unspecified atom stereocenters. The average molecular weight is 354 g/mol. The molecule has 0 bridgehead atoms. The number of benzene rings is 2. The van der Waals surface area contributed by atoms with Gasteiger partial charge in [-0.3, -0.25) is 9.59 Å². The van der Waals surface area contributed by atoms with Gasteiger partial charge in [-0.05, 0) is 30.7 Å². The van der Waals surface area contributed by atoms with Crippen molar-refractivity contribution in [1.82, 2.24) is 10.6 Å². The second-order valence-electron chi connectivity index (χ2n) is 5.85. The summed E-state index contributed by atoms with van der Waals surface area (Å²) in [5, 5.41) is 8.04. The van der Waals surface area contributed by atoms with E-state index in [4.69, 9.17) is 5.73 Å². The molecule has 4 amide bonds. The van der Waals surface area contributed by atoms with Crippen LogP contribution in [0.3, 0.4) is 0 Å². The molecule has 26 heavy (non-hydrogen) atoms. The van der Waals surface area contributed by atoms with Gasteiger partial charge in [0.2, 0.25) is 5.91 Å². The summed E-state index contributed by atoms with van der Waals surface area (Å²) in [6.07, 6.45) is 0.0745. The van der Waals surface area contributed by atoms with Gasteiger partial charge in [0.15, 0.2) is 0 Å². The van der Waals surface area contributed by atoms with E-state index in [2.05, 4.69) is 16.0 Å². The molecule has 2 rings (SSSR count). The van der Waals surface area contributed by atoms with Crippen molar-refractivity contribution in [3.63, 3.8) is 0 Å². The zero-order chi connectivity index (χ0) is 18.9. The van der Waals surface area contributed by atoms with Crippen molar-refractivity contribution in [1.29, 1.82) is 0 Å². The minimum absolute atomic E-state index is 0.0745. The van der Waals surface area contributed by atoms with Crippen LogP contribution in [0, 0.1) is 6.92 Å². The average Bonchev–Trinajstić information content (AvgIpc) is 2.61. The highest BCUT2D eigenvalue weighted by Crippen LogP contribution is 2.11. The standard InChI is InChI=1S/C19H22N4O3/c1-13-5-7-14(8-6-13)12-22-19(26)23-16-4-2-3-15(11-16)18(25)21-10-9-17(20)24/h2-8,11H,9-10,12H2,1H3,(H2,20,24)(H,21,25)(H2,22,23,26). The number of hydrogen-bond acceptors (Lipinski definition) is 3. The van der Waals surface area contributed by atoms with Crippen molar-refractivity contribution >= 4 is 23.5 Å². The first-order valence-electron chi connectivity index (χ1n) is 8.21. The molecule has 0 saturated heterocycles. The minimum Gasteiger partial charge on any atom is -0.370 e. The predicted octanol–water partition coefficient (Wildman–Crippen LogP) is 1.92. The van der Waals surface area contributed by atoms with Gasteiger partial charge >= 0.3 is 6.03 Å². The second kappa shape index (κ2) is 9.22. The smallest absolute Gasteiger partial charge is 0.319 e. The first-order valence-corrected chi connectivity index (χ1v) is 8.21. The van der Waals surface area contributed by atoms with Crippen molar-refractivity contribution in [2.24, 2.45) is 5.73 Å². The third kappa shape index (κ3) is 6.27. The Bertz CT molecular complexity index is 788. The quantitative estimate of drug-likeness (QED) is 0.609. The highest BCUT2D eigenvalue weighted by atomic mass is 16.2. The van der Waals surface area contributed by atoms with Crippen molar-refractivity contribution in [2.75, 3.05) is 11.9 Å². The summed E-state index contributed by atoms with van der Waals surface area (Å²) in [4.78, 5) is 34.7. The highest BCUT2D eigenvalue weighted by Gasteiger charge is 2.08. The fraction of sp³-hybridized carbons (Fsp3) is 0.211. The highest BCUT2D eigenvalue weighted by molar-refractivity contribution is 5.97. The van der Waals surface area contributed by atoms with Gasteiger partial charge in [0.05, 0.1) is 0 Å². The van der Waals surface area contributed by atoms with Crippen LogP contribution in [0.2, 0.25) is 0 Å². The van der Waals surface area contributed by atoms with Gasteiger partial charge in [-0.15, -0.1) is 0 Å². The molecule has 2 aromatic rings. The summed E-state index contributed by atoms with van der Waals surface area (Å²) < 4.78 is 0. The molecule has 136 valence electrons. The Kier molecular flexibility index (Phi) is 6.73. The maximum absolute atomic E-state index is 12.0. The van der Waals surface area contributed by atoms with E-state index >= 15 is 0 Å². The molecule has 2 aromatic carbocycles. The van der Waals surface area contributed by atoms with Gasteiger partial charge in [0, 0.05) is 30.8 Å². The number of primary amides is 1. The van der Waals surface area contributed by atoms with Crippen LogP contribution in [0.15, 0.2) is 48.5 Å². The largest absolute Gasteiger partial charge is 0.370 e. The van der Waals surface area contributed by atoms with E-state index in [1.165, 1.54) is 0 Å². The SMILES string of the molecule is Cc1ccc(CNC(=O)Nc2cccc(C(=O)NCCC(N)=O)c2)cc1. The maximum Gasteiger partial charge on any atom is 0.319 e. The molecular formula is C19H22N4O3. The van der Waals surface area contributed by atoms with Crippen LogP contribution in [0.25, 0.3) is 0 Å². The van der Waals surface area contributed by atoms with E-state index in [0.717, 1.165) is 11.1 Å². The van der Waals surface area contributed by atoms with Gasteiger partial charge in [-0.25, -0.2) is 4.79 Å². The number of nitrogens with one attached hydrogen (secondary N) is 3. The topological polar surface area (TPSA) is 113 Å². The van der Waals surface area contributed by atoms with Crippen molar-refractivity contribution < 1.29 is 14.4 Å². The van der Waals surface area contributed by atoms with Gasteiger partial charge < -0.3 is 21.7 Å². The van der Waals surface area contributed by atoms with E-state index in [0.29, 0.717) is 17.8 Å². The maximum atomic E-state index is 12.0. The number of rotatable bonds is 7. The van der Waals surface area contributed by atoms with Crippen molar-refractivity contribution in [2.45, 2.75) is 19.9 Å². The zero-order valence-electron chi connectivity index (χ0n) is 14.5. The molecule has 0 radical (unpaired) electrons. The molecule has 0 heterocycles. The van der Waals surface area contributed by atoms with E-state index in [-0.39, 0.29) is 24.9 Å². The number of carbonyl (C=O) groups excluding carboxylic acids is 3. The molecule has 0 atom stereocenters. The van der Waals surface area contributed by atoms with Crippen LogP contribution in [-0.2, 0) is 11.3 Å². The summed E-state index contributed by atoms with van der Waals surface area (Å²) in [6.45, 7) is 2.57. The van der Waals surface area contributed by atoms with Crippen LogP contribution >= 0.6 is 0 Å². The molecule has 0 aliphatic carbocycles. The first kappa shape index (κ1) is 19.0. The molecule has 0 fully saturated rings. The third-order valence-electron chi connectivity index (χ3n) is 3.61. The fourth-order valence-corrected chi connectivity index (χ4v) is 2.20. The fourth-order valence-electron chi connectivity index (χ4n) is 2.20. The second-order valence-corrected chi connectivity index (χ2v) is 5.85. The number of nitrogens with two attached hydrogens (primary N) is 1. The number of aryl methyl sites for hydroxylation is 1. The molecule has 5 N–H and O–H groups in total. The van der Waals surface area contributed by atoms with E-state index in [1.807, 2.05) is 31.2 Å². The van der Waals surface area contributed by atoms with Crippen LogP contribution in [0.4, 0.5) is 10.5 Å². The Labute approximate surface area is 152 Å². The van der Waals surface area contributed by atoms with Crippen LogP contribution in [-0.4, -0.2) is 24.4 Å². The number of carbonyl (C=O) groups is 3. The van der Waals surface area contributed by atoms with Crippen LogP contribution < -0.4 is 21.7 Å². The predicted molar refractivity (Wildman–Crippen MR) is 99.6 cm³/mol. The third-order valence-corrected chi connectivity index (χ3v) is 3.61. The van der Waals surface area contributed by atoms with Crippen LogP contribution in [0.1, 0.15) is 27.9 Å². The minimum atomic E-state index is -0.481. The van der Waals surface area contributed by atoms with Gasteiger partial charge in [-0.1, -0.05) is 35.9 Å². The van der Waals surface area contributed by atoms with E-state index in [9.17, 15) is 14.4 Å². The number of urea groups is 1. The molecule has 0 aliphatic heterocycles. The van der Waals surface area contributed by atoms with Crippen molar-refractivity contribution in [3.05, 3.63) is 65.2 Å². The molecule has 0 spiro atoms. The van der Waals surface area contributed by atoms with Gasteiger partial charge in [0.25, 0.3) is 5.91 Å². The summed E-state index contributed by atoms with van der Waals surface area (Å²) in [7, 11) is 0. The summed E-state index contributed by atoms with van der Waals surface area (Å²) in [5.74, 6) is -0.819. The summed E-state index contributed by atoms with van der Waals surface area (Å²) in [5.41, 5.74) is 8.05.